The monoisotopic (exact) mass is 342 g/mol. The second-order valence-corrected chi connectivity index (χ2v) is 7.07. The molecule has 0 aromatic carbocycles. The molecule has 0 N–H and O–H groups in total. The summed E-state index contributed by atoms with van der Waals surface area (Å²) in [7, 11) is 0. The van der Waals surface area contributed by atoms with Gasteiger partial charge < -0.3 is 4.74 Å². The molecule has 0 radical (unpaired) electrons. The largest absolute Gasteiger partial charge is 0.362 e. The third-order valence-electron chi connectivity index (χ3n) is 4.88. The Kier molecular flexibility index (Phi) is 16.3. The molecule has 2 atom stereocenters. The molecule has 2 unspecified atom stereocenters. The highest BCUT2D eigenvalue weighted by Crippen LogP contribution is 2.17. The highest BCUT2D eigenvalue weighted by atomic mass is 16.5. The normalized spacial score (nSPS) is 14.5. The predicted octanol–water partition coefficient (Wildman–Crippen LogP) is 5.54. The Morgan fingerprint density at radius 2 is 1.00 bits per heavy atom. The van der Waals surface area contributed by atoms with Gasteiger partial charge in [-0.05, 0) is 52.6 Å². The number of unbranched alkanes of at least 4 members (excludes halogenated alkanes) is 4. The standard InChI is InChI=1S/C21H46N2O/c1-7-12-16-22(17-13-8-2)20(6)21(24-11-5)23(18-14-9-3)19-15-10-4/h20-21H,7-19H2,1-6H3. The average molecular weight is 343 g/mol. The lowest BCUT2D eigenvalue weighted by Crippen LogP contribution is -2.53. The first-order chi connectivity index (χ1) is 11.7. The maximum absolute atomic E-state index is 6.29. The smallest absolute Gasteiger partial charge is 0.126 e. The van der Waals surface area contributed by atoms with Crippen molar-refractivity contribution in [2.24, 2.45) is 0 Å². The zero-order valence-corrected chi connectivity index (χ0v) is 17.6. The van der Waals surface area contributed by atoms with Crippen LogP contribution in [0.25, 0.3) is 0 Å². The number of hydrogen-bond donors (Lipinski definition) is 0. The van der Waals surface area contributed by atoms with E-state index < -0.39 is 0 Å². The fourth-order valence-corrected chi connectivity index (χ4v) is 3.23. The van der Waals surface area contributed by atoms with Crippen molar-refractivity contribution < 1.29 is 4.74 Å². The van der Waals surface area contributed by atoms with Crippen molar-refractivity contribution in [1.82, 2.24) is 9.80 Å². The topological polar surface area (TPSA) is 15.7 Å². The molecular formula is C21H46N2O. The van der Waals surface area contributed by atoms with E-state index in [1.807, 2.05) is 0 Å². The molecule has 0 aliphatic carbocycles. The average Bonchev–Trinajstić information content (AvgIpc) is 2.60. The van der Waals surface area contributed by atoms with Crippen LogP contribution in [0.1, 0.15) is 92.9 Å². The molecule has 3 heteroatoms. The summed E-state index contributed by atoms with van der Waals surface area (Å²) in [5, 5.41) is 0. The van der Waals surface area contributed by atoms with E-state index in [1.165, 1.54) is 77.5 Å². The lowest BCUT2D eigenvalue weighted by molar-refractivity contribution is -0.101. The molecule has 3 nitrogen and oxygen atoms in total. The molecule has 0 fully saturated rings. The molecule has 24 heavy (non-hydrogen) atoms. The van der Waals surface area contributed by atoms with Crippen LogP contribution in [0.2, 0.25) is 0 Å². The van der Waals surface area contributed by atoms with Gasteiger partial charge in [-0.25, -0.2) is 0 Å². The minimum atomic E-state index is 0.238. The van der Waals surface area contributed by atoms with E-state index in [-0.39, 0.29) is 6.23 Å². The van der Waals surface area contributed by atoms with Crippen LogP contribution >= 0.6 is 0 Å². The van der Waals surface area contributed by atoms with Gasteiger partial charge in [0.1, 0.15) is 6.23 Å². The van der Waals surface area contributed by atoms with E-state index in [9.17, 15) is 0 Å². The van der Waals surface area contributed by atoms with Gasteiger partial charge in [-0.1, -0.05) is 53.4 Å². The minimum Gasteiger partial charge on any atom is -0.362 e. The van der Waals surface area contributed by atoms with E-state index in [2.05, 4.69) is 51.3 Å². The maximum Gasteiger partial charge on any atom is 0.126 e. The summed E-state index contributed by atoms with van der Waals surface area (Å²) in [6.07, 6.45) is 10.4. The van der Waals surface area contributed by atoms with Crippen LogP contribution in [-0.4, -0.2) is 54.9 Å². The van der Waals surface area contributed by atoms with E-state index in [0.29, 0.717) is 6.04 Å². The Hall–Kier alpha value is -0.120. The maximum atomic E-state index is 6.29. The highest BCUT2D eigenvalue weighted by Gasteiger charge is 2.28. The predicted molar refractivity (Wildman–Crippen MR) is 108 cm³/mol. The first-order valence-corrected chi connectivity index (χ1v) is 10.8. The number of rotatable bonds is 17. The van der Waals surface area contributed by atoms with Crippen molar-refractivity contribution >= 4 is 0 Å². The molecule has 0 saturated carbocycles. The van der Waals surface area contributed by atoms with Crippen molar-refractivity contribution in [3.63, 3.8) is 0 Å². The second kappa shape index (κ2) is 16.4. The van der Waals surface area contributed by atoms with Crippen LogP contribution < -0.4 is 0 Å². The van der Waals surface area contributed by atoms with E-state index in [1.54, 1.807) is 0 Å². The third-order valence-corrected chi connectivity index (χ3v) is 4.88. The van der Waals surface area contributed by atoms with Crippen molar-refractivity contribution in [3.8, 4) is 0 Å². The Bertz CT molecular complexity index is 244. The summed E-state index contributed by atoms with van der Waals surface area (Å²) in [4.78, 5) is 5.30. The zero-order chi connectivity index (χ0) is 18.2. The summed E-state index contributed by atoms with van der Waals surface area (Å²) in [5.41, 5.74) is 0. The lowest BCUT2D eigenvalue weighted by atomic mass is 10.1. The molecular weight excluding hydrogens is 296 g/mol. The molecule has 0 saturated heterocycles. The van der Waals surface area contributed by atoms with Crippen LogP contribution in [0.15, 0.2) is 0 Å². The van der Waals surface area contributed by atoms with Gasteiger partial charge in [0.15, 0.2) is 0 Å². The van der Waals surface area contributed by atoms with E-state index in [4.69, 9.17) is 4.74 Å². The number of hydrogen-bond acceptors (Lipinski definition) is 3. The van der Waals surface area contributed by atoms with Crippen LogP contribution in [0.5, 0.6) is 0 Å². The minimum absolute atomic E-state index is 0.238. The van der Waals surface area contributed by atoms with Gasteiger partial charge in [0, 0.05) is 25.7 Å². The molecule has 0 bridgehead atoms. The van der Waals surface area contributed by atoms with Gasteiger partial charge in [0.2, 0.25) is 0 Å². The van der Waals surface area contributed by atoms with E-state index >= 15 is 0 Å². The first kappa shape index (κ1) is 23.9. The molecule has 0 aromatic rings. The Labute approximate surface area is 153 Å². The molecule has 0 aliphatic rings. The van der Waals surface area contributed by atoms with Crippen molar-refractivity contribution in [2.75, 3.05) is 32.8 Å². The van der Waals surface area contributed by atoms with Gasteiger partial charge in [-0.3, -0.25) is 9.80 Å². The van der Waals surface area contributed by atoms with Crippen LogP contribution in [0.3, 0.4) is 0 Å². The first-order valence-electron chi connectivity index (χ1n) is 10.8. The Balaban J connectivity index is 5.03. The molecule has 0 spiro atoms. The quantitative estimate of drug-likeness (QED) is 0.323. The Morgan fingerprint density at radius 1 is 0.625 bits per heavy atom. The molecule has 0 rings (SSSR count). The SMILES string of the molecule is CCCCN(CCCC)C(C)C(OCC)N(CCCC)CCCC. The fourth-order valence-electron chi connectivity index (χ4n) is 3.23. The summed E-state index contributed by atoms with van der Waals surface area (Å²) in [6.45, 7) is 19.2. The summed E-state index contributed by atoms with van der Waals surface area (Å²) >= 11 is 0. The lowest BCUT2D eigenvalue weighted by Gasteiger charge is -2.40. The van der Waals surface area contributed by atoms with E-state index in [0.717, 1.165) is 6.61 Å². The fraction of sp³-hybridized carbons (Fsp3) is 1.00. The van der Waals surface area contributed by atoms with Gasteiger partial charge in [-0.15, -0.1) is 0 Å². The van der Waals surface area contributed by atoms with Gasteiger partial charge in [0.25, 0.3) is 0 Å². The summed E-state index contributed by atoms with van der Waals surface area (Å²) in [6, 6.07) is 0.469. The van der Waals surface area contributed by atoms with Crippen LogP contribution in [0.4, 0.5) is 0 Å². The molecule has 0 aromatic heterocycles. The molecule has 0 heterocycles. The molecule has 0 aliphatic heterocycles. The number of ether oxygens (including phenoxy) is 1. The second-order valence-electron chi connectivity index (χ2n) is 7.07. The van der Waals surface area contributed by atoms with Gasteiger partial charge >= 0.3 is 0 Å². The number of nitrogens with zero attached hydrogens (tertiary/aromatic N) is 2. The van der Waals surface area contributed by atoms with Crippen molar-refractivity contribution in [2.45, 2.75) is 105 Å². The highest BCUT2D eigenvalue weighted by molar-refractivity contribution is 4.78. The van der Waals surface area contributed by atoms with Crippen LogP contribution in [0, 0.1) is 0 Å². The van der Waals surface area contributed by atoms with Crippen molar-refractivity contribution in [3.05, 3.63) is 0 Å². The van der Waals surface area contributed by atoms with Gasteiger partial charge in [0.05, 0.1) is 0 Å². The summed E-state index contributed by atoms with van der Waals surface area (Å²) < 4.78 is 6.29. The molecule has 146 valence electrons. The molecule has 0 amide bonds. The van der Waals surface area contributed by atoms with Gasteiger partial charge in [-0.2, -0.15) is 0 Å². The van der Waals surface area contributed by atoms with Crippen molar-refractivity contribution in [1.29, 1.82) is 0 Å². The zero-order valence-electron chi connectivity index (χ0n) is 17.6. The Morgan fingerprint density at radius 3 is 1.33 bits per heavy atom. The van der Waals surface area contributed by atoms with Crippen LogP contribution in [-0.2, 0) is 4.74 Å². The third kappa shape index (κ3) is 10.0. The summed E-state index contributed by atoms with van der Waals surface area (Å²) in [5.74, 6) is 0.